The van der Waals surface area contributed by atoms with Crippen molar-refractivity contribution in [2.45, 2.75) is 33.0 Å². The van der Waals surface area contributed by atoms with Crippen LogP contribution in [0, 0.1) is 0 Å². The van der Waals surface area contributed by atoms with Gasteiger partial charge in [0.15, 0.2) is 0 Å². The third-order valence-corrected chi connectivity index (χ3v) is 4.39. The number of nitrogens with one attached hydrogen (secondary N) is 1. The Labute approximate surface area is 166 Å². The van der Waals surface area contributed by atoms with Crippen molar-refractivity contribution in [1.29, 1.82) is 0 Å². The summed E-state index contributed by atoms with van der Waals surface area (Å²) in [5, 5.41) is 2.90. The Hall–Kier alpha value is -3.27. The van der Waals surface area contributed by atoms with E-state index in [0.717, 1.165) is 29.2 Å². The lowest BCUT2D eigenvalue weighted by Crippen LogP contribution is -2.12. The fraction of sp³-hybridized carbons (Fsp3) is 0.208. The molecule has 28 heavy (non-hydrogen) atoms. The summed E-state index contributed by atoms with van der Waals surface area (Å²) in [6, 6.07) is 24.5. The Bertz CT molecular complexity index is 874. The number of carbonyl (C=O) groups is 1. The van der Waals surface area contributed by atoms with Crippen LogP contribution in [0.1, 0.15) is 36.2 Å². The summed E-state index contributed by atoms with van der Waals surface area (Å²) in [5.41, 5.74) is 2.42. The van der Waals surface area contributed by atoms with Gasteiger partial charge in [0, 0.05) is 11.3 Å². The van der Waals surface area contributed by atoms with E-state index in [9.17, 15) is 4.79 Å². The summed E-state index contributed by atoms with van der Waals surface area (Å²) in [4.78, 5) is 12.4. The van der Waals surface area contributed by atoms with Crippen LogP contribution < -0.4 is 14.8 Å². The summed E-state index contributed by atoms with van der Waals surface area (Å²) in [6.07, 6.45) is 1.09. The topological polar surface area (TPSA) is 47.6 Å². The van der Waals surface area contributed by atoms with Gasteiger partial charge in [-0.2, -0.15) is 0 Å². The summed E-state index contributed by atoms with van der Waals surface area (Å²) < 4.78 is 11.5. The van der Waals surface area contributed by atoms with Crippen molar-refractivity contribution in [3.05, 3.63) is 90.0 Å². The molecule has 0 aliphatic rings. The number of anilines is 1. The highest BCUT2D eigenvalue weighted by Crippen LogP contribution is 2.19. The largest absolute Gasteiger partial charge is 0.491 e. The van der Waals surface area contributed by atoms with Crippen molar-refractivity contribution >= 4 is 11.6 Å². The van der Waals surface area contributed by atoms with Gasteiger partial charge in [-0.15, -0.1) is 0 Å². The predicted molar refractivity (Wildman–Crippen MR) is 112 cm³/mol. The zero-order valence-electron chi connectivity index (χ0n) is 16.2. The molecule has 0 saturated heterocycles. The molecule has 0 heterocycles. The first-order valence-corrected chi connectivity index (χ1v) is 9.49. The van der Waals surface area contributed by atoms with Gasteiger partial charge >= 0.3 is 0 Å². The molecule has 0 spiro atoms. The van der Waals surface area contributed by atoms with Gasteiger partial charge in [0.05, 0.1) is 6.10 Å². The Morgan fingerprint density at radius 2 is 1.54 bits per heavy atom. The Morgan fingerprint density at radius 3 is 2.18 bits per heavy atom. The molecule has 0 radical (unpaired) electrons. The smallest absolute Gasteiger partial charge is 0.255 e. The molecule has 0 fully saturated rings. The first-order chi connectivity index (χ1) is 13.6. The number of carbonyl (C=O) groups excluding carboxylic acids is 1. The van der Waals surface area contributed by atoms with Gasteiger partial charge in [-0.05, 0) is 67.4 Å². The van der Waals surface area contributed by atoms with Gasteiger partial charge in [-0.3, -0.25) is 4.79 Å². The van der Waals surface area contributed by atoms with E-state index < -0.39 is 0 Å². The Balaban J connectivity index is 1.54. The second-order valence-electron chi connectivity index (χ2n) is 6.61. The standard InChI is InChI=1S/C24H25NO3/c1-3-18(2)28-23-13-9-20(10-14-23)24(26)25-21-11-15-22(16-12-21)27-17-19-7-5-4-6-8-19/h4-16,18H,3,17H2,1-2H3,(H,25,26). The quantitative estimate of drug-likeness (QED) is 0.550. The molecule has 1 N–H and O–H groups in total. The minimum Gasteiger partial charge on any atom is -0.491 e. The molecule has 0 aliphatic heterocycles. The van der Waals surface area contributed by atoms with Gasteiger partial charge in [0.1, 0.15) is 18.1 Å². The highest BCUT2D eigenvalue weighted by Gasteiger charge is 2.08. The normalized spacial score (nSPS) is 11.5. The molecular weight excluding hydrogens is 350 g/mol. The van der Waals surface area contributed by atoms with Gasteiger partial charge < -0.3 is 14.8 Å². The first-order valence-electron chi connectivity index (χ1n) is 9.49. The molecule has 0 saturated carbocycles. The van der Waals surface area contributed by atoms with Crippen molar-refractivity contribution in [2.24, 2.45) is 0 Å². The number of hydrogen-bond donors (Lipinski definition) is 1. The summed E-state index contributed by atoms with van der Waals surface area (Å²) in [5.74, 6) is 1.37. The third-order valence-electron chi connectivity index (χ3n) is 4.39. The lowest BCUT2D eigenvalue weighted by atomic mass is 10.2. The van der Waals surface area contributed by atoms with Gasteiger partial charge in [-0.25, -0.2) is 0 Å². The number of rotatable bonds is 8. The summed E-state index contributed by atoms with van der Waals surface area (Å²) in [6.45, 7) is 4.61. The molecule has 0 bridgehead atoms. The van der Waals surface area contributed by atoms with Gasteiger partial charge in [-0.1, -0.05) is 37.3 Å². The van der Waals surface area contributed by atoms with Gasteiger partial charge in [0.25, 0.3) is 5.91 Å². The molecule has 3 aromatic rings. The molecule has 1 atom stereocenters. The minimum atomic E-state index is -0.159. The van der Waals surface area contributed by atoms with E-state index in [1.165, 1.54) is 0 Å². The number of hydrogen-bond acceptors (Lipinski definition) is 3. The zero-order valence-corrected chi connectivity index (χ0v) is 16.2. The second-order valence-corrected chi connectivity index (χ2v) is 6.61. The molecule has 4 heteroatoms. The lowest BCUT2D eigenvalue weighted by molar-refractivity contribution is 0.102. The van der Waals surface area contributed by atoms with Crippen LogP contribution in [0.25, 0.3) is 0 Å². The van der Waals surface area contributed by atoms with Crippen LogP contribution in [0.4, 0.5) is 5.69 Å². The van der Waals surface area contributed by atoms with E-state index in [2.05, 4.69) is 12.2 Å². The number of ether oxygens (including phenoxy) is 2. The molecule has 1 unspecified atom stereocenters. The van der Waals surface area contributed by atoms with E-state index in [-0.39, 0.29) is 12.0 Å². The molecule has 0 aliphatic carbocycles. The fourth-order valence-electron chi connectivity index (χ4n) is 2.58. The van der Waals surface area contributed by atoms with E-state index in [1.54, 1.807) is 12.1 Å². The monoisotopic (exact) mass is 375 g/mol. The van der Waals surface area contributed by atoms with E-state index in [0.29, 0.717) is 12.2 Å². The van der Waals surface area contributed by atoms with Crippen LogP contribution in [0.2, 0.25) is 0 Å². The van der Waals surface area contributed by atoms with Crippen LogP contribution >= 0.6 is 0 Å². The van der Waals surface area contributed by atoms with Crippen LogP contribution in [-0.4, -0.2) is 12.0 Å². The van der Waals surface area contributed by atoms with Crippen molar-refractivity contribution in [2.75, 3.05) is 5.32 Å². The number of benzene rings is 3. The maximum atomic E-state index is 12.4. The lowest BCUT2D eigenvalue weighted by Gasteiger charge is -2.13. The SMILES string of the molecule is CCC(C)Oc1ccc(C(=O)Nc2ccc(OCc3ccccc3)cc2)cc1. The molecule has 144 valence electrons. The zero-order chi connectivity index (χ0) is 19.8. The number of amides is 1. The van der Waals surface area contributed by atoms with E-state index in [1.807, 2.05) is 73.7 Å². The first kappa shape index (κ1) is 19.5. The van der Waals surface area contributed by atoms with E-state index >= 15 is 0 Å². The highest BCUT2D eigenvalue weighted by atomic mass is 16.5. The Kier molecular flexibility index (Phi) is 6.68. The molecule has 0 aromatic heterocycles. The van der Waals surface area contributed by atoms with Crippen molar-refractivity contribution < 1.29 is 14.3 Å². The Morgan fingerprint density at radius 1 is 0.893 bits per heavy atom. The van der Waals surface area contributed by atoms with Crippen LogP contribution in [0.15, 0.2) is 78.9 Å². The molecule has 1 amide bonds. The van der Waals surface area contributed by atoms with Crippen LogP contribution in [0.3, 0.4) is 0 Å². The molecule has 3 rings (SSSR count). The molecule has 3 aromatic carbocycles. The molecular formula is C24H25NO3. The fourth-order valence-corrected chi connectivity index (χ4v) is 2.58. The van der Waals surface area contributed by atoms with Gasteiger partial charge in [0.2, 0.25) is 0 Å². The van der Waals surface area contributed by atoms with Crippen molar-refractivity contribution in [1.82, 2.24) is 0 Å². The highest BCUT2D eigenvalue weighted by molar-refractivity contribution is 6.04. The van der Waals surface area contributed by atoms with Crippen LogP contribution in [0.5, 0.6) is 11.5 Å². The average molecular weight is 375 g/mol. The van der Waals surface area contributed by atoms with Crippen molar-refractivity contribution in [3.63, 3.8) is 0 Å². The summed E-state index contributed by atoms with van der Waals surface area (Å²) in [7, 11) is 0. The van der Waals surface area contributed by atoms with E-state index in [4.69, 9.17) is 9.47 Å². The molecule has 4 nitrogen and oxygen atoms in total. The second kappa shape index (κ2) is 9.60. The predicted octanol–water partition coefficient (Wildman–Crippen LogP) is 5.70. The minimum absolute atomic E-state index is 0.155. The third kappa shape index (κ3) is 5.61. The summed E-state index contributed by atoms with van der Waals surface area (Å²) >= 11 is 0. The van der Waals surface area contributed by atoms with Crippen molar-refractivity contribution in [3.8, 4) is 11.5 Å². The maximum absolute atomic E-state index is 12.4. The maximum Gasteiger partial charge on any atom is 0.255 e. The average Bonchev–Trinajstić information content (AvgIpc) is 2.74. The van der Waals surface area contributed by atoms with Crippen LogP contribution in [-0.2, 0) is 6.61 Å².